The van der Waals surface area contributed by atoms with Crippen LogP contribution in [0.1, 0.15) is 23.2 Å². The van der Waals surface area contributed by atoms with Crippen molar-refractivity contribution in [1.29, 1.82) is 0 Å². The number of halogens is 3. The van der Waals surface area contributed by atoms with Gasteiger partial charge in [-0.25, -0.2) is 4.98 Å². The molecular weight excluding hydrogens is 562 g/mol. The van der Waals surface area contributed by atoms with Crippen LogP contribution in [-0.4, -0.2) is 84.6 Å². The van der Waals surface area contributed by atoms with Gasteiger partial charge in [0.1, 0.15) is 5.02 Å². The molecule has 5 rings (SSSR count). The van der Waals surface area contributed by atoms with Crippen molar-refractivity contribution in [2.24, 2.45) is 5.73 Å². The number of amides is 1. The fourth-order valence-corrected chi connectivity index (χ4v) is 5.94. The van der Waals surface area contributed by atoms with E-state index in [1.807, 2.05) is 6.07 Å². The zero-order valence-electron chi connectivity index (χ0n) is 21.9. The smallest absolute Gasteiger partial charge is 0.387 e. The quantitative estimate of drug-likeness (QED) is 0.328. The van der Waals surface area contributed by atoms with Crippen LogP contribution in [0.4, 0.5) is 37.6 Å². The molecule has 2 aromatic heterocycles. The number of ether oxygens (including phenoxy) is 1. The van der Waals surface area contributed by atoms with Gasteiger partial charge >= 0.3 is 6.61 Å². The largest absolute Gasteiger partial charge is 0.433 e. The zero-order valence-corrected chi connectivity index (χ0v) is 23.5. The van der Waals surface area contributed by atoms with Crippen LogP contribution in [0.3, 0.4) is 0 Å². The van der Waals surface area contributed by atoms with Gasteiger partial charge in [0.05, 0.1) is 23.1 Å². The number of benzene rings is 1. The Bertz CT molecular complexity index is 1330. The molecule has 0 spiro atoms. The molecule has 0 atom stereocenters. The molecule has 1 aromatic carbocycles. The number of nitrogens with zero attached hydrogens (tertiary/aromatic N) is 5. The molecule has 10 nitrogen and oxygen atoms in total. The Morgan fingerprint density at radius 1 is 1.12 bits per heavy atom. The molecule has 40 heavy (non-hydrogen) atoms. The van der Waals surface area contributed by atoms with Gasteiger partial charge in [-0.1, -0.05) is 11.6 Å². The minimum absolute atomic E-state index is 0.0180. The fraction of sp³-hybridized carbons (Fsp3) is 0.423. The Morgan fingerprint density at radius 3 is 2.58 bits per heavy atom. The van der Waals surface area contributed by atoms with Crippen molar-refractivity contribution >= 4 is 57.7 Å². The van der Waals surface area contributed by atoms with Gasteiger partial charge in [0, 0.05) is 67.8 Å². The monoisotopic (exact) mass is 592 g/mol. The average Bonchev–Trinajstić information content (AvgIpc) is 3.40. The lowest BCUT2D eigenvalue weighted by molar-refractivity contribution is -0.0493. The van der Waals surface area contributed by atoms with Gasteiger partial charge in [0.15, 0.2) is 11.6 Å². The lowest BCUT2D eigenvalue weighted by atomic mass is 10.0. The van der Waals surface area contributed by atoms with E-state index in [0.29, 0.717) is 17.3 Å². The number of primary amides is 1. The van der Waals surface area contributed by atoms with E-state index >= 15 is 0 Å². The summed E-state index contributed by atoms with van der Waals surface area (Å²) in [4.78, 5) is 27.3. The molecule has 0 unspecified atom stereocenters. The number of hydrogen-bond acceptors (Lipinski definition) is 10. The molecule has 1 amide bonds. The van der Waals surface area contributed by atoms with Gasteiger partial charge in [0.2, 0.25) is 5.95 Å². The van der Waals surface area contributed by atoms with E-state index in [0.717, 1.165) is 57.8 Å². The molecular formula is C26H31ClF2N8O2S. The van der Waals surface area contributed by atoms with Crippen molar-refractivity contribution in [3.8, 4) is 5.75 Å². The number of nitrogens with one attached hydrogen (secondary N) is 2. The van der Waals surface area contributed by atoms with E-state index < -0.39 is 12.5 Å². The first kappa shape index (κ1) is 28.3. The van der Waals surface area contributed by atoms with Crippen molar-refractivity contribution in [3.63, 3.8) is 0 Å². The summed E-state index contributed by atoms with van der Waals surface area (Å²) in [6.45, 7) is 3.00. The number of carbonyl (C=O) groups is 1. The summed E-state index contributed by atoms with van der Waals surface area (Å²) in [6, 6.07) is 5.70. The normalized spacial score (nSPS) is 17.3. The first-order chi connectivity index (χ1) is 19.3. The topological polar surface area (TPSA) is 112 Å². The van der Waals surface area contributed by atoms with E-state index in [-0.39, 0.29) is 28.2 Å². The molecule has 2 aliphatic heterocycles. The standard InChI is InChI=1S/C26H31ClF2N8O2S/c1-35-8-10-37(11-9-35)16-4-6-36(7-5-16)17-2-3-20(22(12-17)39-25(28)29)33-26-31-13-19(27)24(34-26)32-21-15-40-14-18(21)23(30)38/h2-3,12-16,25H,4-11H2,1H3,(H2,30,38)(H2,31,32,33,34). The Labute approximate surface area is 240 Å². The van der Waals surface area contributed by atoms with E-state index in [2.05, 4.69) is 42.3 Å². The molecule has 3 aromatic rings. The number of likely N-dealkylation sites (N-methyl/N-ethyl adjacent to an activating group) is 1. The highest BCUT2D eigenvalue weighted by Crippen LogP contribution is 2.35. The number of carbonyl (C=O) groups excluding carboxylic acids is 1. The van der Waals surface area contributed by atoms with E-state index in [4.69, 9.17) is 22.1 Å². The fourth-order valence-electron chi connectivity index (χ4n) is 5.03. The Hall–Kier alpha value is -3.26. The summed E-state index contributed by atoms with van der Waals surface area (Å²) in [5.74, 6) is -0.292. The summed E-state index contributed by atoms with van der Waals surface area (Å²) in [5.41, 5.74) is 7.25. The van der Waals surface area contributed by atoms with Gasteiger partial charge in [0.25, 0.3) is 5.91 Å². The van der Waals surface area contributed by atoms with Crippen LogP contribution in [0.15, 0.2) is 35.2 Å². The molecule has 14 heteroatoms. The third kappa shape index (κ3) is 6.72. The number of piperazine rings is 1. The highest BCUT2D eigenvalue weighted by atomic mass is 35.5. The van der Waals surface area contributed by atoms with Crippen molar-refractivity contribution in [2.45, 2.75) is 25.5 Å². The highest BCUT2D eigenvalue weighted by Gasteiger charge is 2.27. The van der Waals surface area contributed by atoms with Gasteiger partial charge in [-0.2, -0.15) is 13.8 Å². The third-order valence-corrected chi connectivity index (χ3v) is 8.26. The summed E-state index contributed by atoms with van der Waals surface area (Å²) in [5, 5.41) is 9.44. The Morgan fingerprint density at radius 2 is 1.88 bits per heavy atom. The van der Waals surface area contributed by atoms with Gasteiger partial charge < -0.3 is 30.9 Å². The highest BCUT2D eigenvalue weighted by molar-refractivity contribution is 7.08. The molecule has 0 bridgehead atoms. The minimum Gasteiger partial charge on any atom is -0.433 e. The molecule has 0 saturated carbocycles. The number of anilines is 5. The number of rotatable bonds is 9. The second-order valence-corrected chi connectivity index (χ2v) is 11.0. The number of nitrogens with two attached hydrogens (primary N) is 1. The van der Waals surface area contributed by atoms with Crippen LogP contribution >= 0.6 is 22.9 Å². The van der Waals surface area contributed by atoms with Gasteiger partial charge in [-0.05, 0) is 32.0 Å². The number of thiophene rings is 1. The van der Waals surface area contributed by atoms with Gasteiger partial charge in [-0.15, -0.1) is 11.3 Å². The summed E-state index contributed by atoms with van der Waals surface area (Å²) >= 11 is 7.55. The average molecular weight is 593 g/mol. The predicted molar refractivity (Wildman–Crippen MR) is 154 cm³/mol. The van der Waals surface area contributed by atoms with Crippen LogP contribution in [0, 0.1) is 0 Å². The molecule has 0 aliphatic carbocycles. The summed E-state index contributed by atoms with van der Waals surface area (Å²) < 4.78 is 31.6. The number of piperidine rings is 1. The van der Waals surface area contributed by atoms with Crippen LogP contribution in [0.25, 0.3) is 0 Å². The lowest BCUT2D eigenvalue weighted by Gasteiger charge is -2.42. The molecule has 2 fully saturated rings. The summed E-state index contributed by atoms with van der Waals surface area (Å²) in [7, 11) is 2.15. The van der Waals surface area contributed by atoms with E-state index in [1.165, 1.54) is 17.5 Å². The second-order valence-electron chi connectivity index (χ2n) is 9.82. The van der Waals surface area contributed by atoms with Crippen molar-refractivity contribution < 1.29 is 18.3 Å². The van der Waals surface area contributed by atoms with Gasteiger partial charge in [-0.3, -0.25) is 9.69 Å². The molecule has 4 heterocycles. The first-order valence-corrected chi connectivity index (χ1v) is 14.3. The Balaban J connectivity index is 1.29. The zero-order chi connectivity index (χ0) is 28.2. The Kier molecular flexibility index (Phi) is 8.84. The molecule has 4 N–H and O–H groups in total. The van der Waals surface area contributed by atoms with Crippen molar-refractivity contribution in [3.05, 3.63) is 45.7 Å². The third-order valence-electron chi connectivity index (χ3n) is 7.24. The maximum absolute atomic E-state index is 13.4. The number of aromatic nitrogens is 2. The lowest BCUT2D eigenvalue weighted by Crippen LogP contribution is -2.52. The van der Waals surface area contributed by atoms with E-state index in [1.54, 1.807) is 22.9 Å². The molecule has 2 saturated heterocycles. The second kappa shape index (κ2) is 12.5. The first-order valence-electron chi connectivity index (χ1n) is 13.0. The van der Waals surface area contributed by atoms with Crippen LogP contribution < -0.4 is 26.0 Å². The molecule has 0 radical (unpaired) electrons. The predicted octanol–water partition coefficient (Wildman–Crippen LogP) is 4.60. The maximum Gasteiger partial charge on any atom is 0.387 e. The number of alkyl halides is 2. The summed E-state index contributed by atoms with van der Waals surface area (Å²) in [6.07, 6.45) is 3.40. The van der Waals surface area contributed by atoms with Crippen LogP contribution in [0.5, 0.6) is 5.75 Å². The van der Waals surface area contributed by atoms with Crippen molar-refractivity contribution in [1.82, 2.24) is 19.8 Å². The molecule has 2 aliphatic rings. The van der Waals surface area contributed by atoms with Crippen LogP contribution in [0.2, 0.25) is 5.02 Å². The maximum atomic E-state index is 13.4. The molecule has 214 valence electrons. The SMILES string of the molecule is CN1CCN(C2CCN(c3ccc(Nc4ncc(Cl)c(Nc5cscc5C(N)=O)n4)c(OC(F)F)c3)CC2)CC1. The van der Waals surface area contributed by atoms with Crippen molar-refractivity contribution in [2.75, 3.05) is 61.8 Å². The van der Waals surface area contributed by atoms with Crippen LogP contribution in [-0.2, 0) is 0 Å². The minimum atomic E-state index is -3.01. The number of hydrogen-bond donors (Lipinski definition) is 3. The van der Waals surface area contributed by atoms with E-state index in [9.17, 15) is 13.6 Å².